The van der Waals surface area contributed by atoms with Gasteiger partial charge in [0.2, 0.25) is 0 Å². The lowest BCUT2D eigenvalue weighted by Gasteiger charge is -2.25. The van der Waals surface area contributed by atoms with Gasteiger partial charge in [0.15, 0.2) is 0 Å². The predicted octanol–water partition coefficient (Wildman–Crippen LogP) is 5.69. The molecule has 0 radical (unpaired) electrons. The lowest BCUT2D eigenvalue weighted by atomic mass is 10.0. The third-order valence-corrected chi connectivity index (χ3v) is 6.20. The fourth-order valence-corrected chi connectivity index (χ4v) is 4.23. The summed E-state index contributed by atoms with van der Waals surface area (Å²) in [6, 6.07) is 10.3. The van der Waals surface area contributed by atoms with Crippen LogP contribution in [0.5, 0.6) is 0 Å². The molecule has 0 aliphatic heterocycles. The molecule has 0 saturated carbocycles. The summed E-state index contributed by atoms with van der Waals surface area (Å²) >= 11 is 0. The maximum Gasteiger partial charge on any atom is 0.418 e. The van der Waals surface area contributed by atoms with Crippen LogP contribution in [0, 0.1) is 0 Å². The van der Waals surface area contributed by atoms with Crippen molar-refractivity contribution < 1.29 is 18.0 Å². The number of pyridine rings is 1. The highest BCUT2D eigenvalue weighted by Crippen LogP contribution is 2.38. The van der Waals surface area contributed by atoms with E-state index in [9.17, 15) is 18.0 Å². The van der Waals surface area contributed by atoms with E-state index >= 15 is 0 Å². The number of hydrogen-bond acceptors (Lipinski definition) is 5. The van der Waals surface area contributed by atoms with Crippen LogP contribution in [0.25, 0.3) is 22.0 Å². The van der Waals surface area contributed by atoms with Crippen molar-refractivity contribution in [3.63, 3.8) is 0 Å². The number of nitrogens with one attached hydrogen (secondary N) is 2. The van der Waals surface area contributed by atoms with E-state index in [0.717, 1.165) is 41.1 Å². The van der Waals surface area contributed by atoms with Gasteiger partial charge in [0.25, 0.3) is 0 Å². The number of amides is 2. The summed E-state index contributed by atoms with van der Waals surface area (Å²) in [5.74, 6) is 0. The molecule has 0 spiro atoms. The van der Waals surface area contributed by atoms with Gasteiger partial charge in [0.1, 0.15) is 0 Å². The van der Waals surface area contributed by atoms with Gasteiger partial charge in [-0.15, -0.1) is 0 Å². The highest BCUT2D eigenvalue weighted by atomic mass is 19.4. The number of rotatable bonds is 8. The zero-order valence-corrected chi connectivity index (χ0v) is 21.7. The Bertz CT molecular complexity index is 1410. The van der Waals surface area contributed by atoms with Crippen LogP contribution in [-0.2, 0) is 13.2 Å². The fraction of sp³-hybridized carbons (Fsp3) is 0.296. The second kappa shape index (κ2) is 11.1. The highest BCUT2D eigenvalue weighted by molar-refractivity contribution is 6.00. The zero-order valence-electron chi connectivity index (χ0n) is 21.7. The Kier molecular flexibility index (Phi) is 7.86. The number of carbonyl (C=O) groups excluding carboxylic acids is 1. The Morgan fingerprint density at radius 3 is 2.32 bits per heavy atom. The van der Waals surface area contributed by atoms with Gasteiger partial charge in [0, 0.05) is 54.8 Å². The molecule has 4 aromatic rings. The van der Waals surface area contributed by atoms with Gasteiger partial charge in [-0.1, -0.05) is 12.1 Å². The summed E-state index contributed by atoms with van der Waals surface area (Å²) < 4.78 is 43.2. The van der Waals surface area contributed by atoms with E-state index in [2.05, 4.69) is 20.7 Å². The van der Waals surface area contributed by atoms with E-state index in [4.69, 9.17) is 0 Å². The lowest BCUT2D eigenvalue weighted by molar-refractivity contribution is -0.137. The van der Waals surface area contributed by atoms with Crippen molar-refractivity contribution in [3.8, 4) is 11.1 Å². The molecule has 0 bridgehead atoms. The molecule has 200 valence electrons. The molecule has 4 rings (SSSR count). The van der Waals surface area contributed by atoms with Crippen molar-refractivity contribution in [1.82, 2.24) is 19.7 Å². The predicted molar refractivity (Wildman–Crippen MR) is 144 cm³/mol. The molecule has 0 saturated heterocycles. The van der Waals surface area contributed by atoms with Crippen molar-refractivity contribution >= 4 is 34.0 Å². The first kappa shape index (κ1) is 26.9. The summed E-state index contributed by atoms with van der Waals surface area (Å²) in [4.78, 5) is 20.4. The Labute approximate surface area is 219 Å². The van der Waals surface area contributed by atoms with Crippen molar-refractivity contribution in [1.29, 1.82) is 0 Å². The molecule has 0 fully saturated rings. The Morgan fingerprint density at radius 2 is 1.63 bits per heavy atom. The van der Waals surface area contributed by atoms with Crippen molar-refractivity contribution in [2.45, 2.75) is 12.6 Å². The van der Waals surface area contributed by atoms with Gasteiger partial charge in [-0.3, -0.25) is 9.67 Å². The maximum atomic E-state index is 13.8. The fourth-order valence-electron chi connectivity index (χ4n) is 4.23. The molecule has 0 aliphatic rings. The first-order chi connectivity index (χ1) is 18.0. The number of benzene rings is 2. The van der Waals surface area contributed by atoms with E-state index in [-0.39, 0.29) is 11.4 Å². The number of hydrogen-bond donors (Lipinski definition) is 2. The number of alkyl halides is 3. The van der Waals surface area contributed by atoms with Crippen molar-refractivity contribution in [2.75, 3.05) is 49.8 Å². The number of aryl methyl sites for hydroxylation is 1. The van der Waals surface area contributed by atoms with Crippen LogP contribution < -0.4 is 15.5 Å². The van der Waals surface area contributed by atoms with E-state index in [1.54, 1.807) is 47.4 Å². The van der Waals surface area contributed by atoms with Crippen LogP contribution in [0.2, 0.25) is 0 Å². The molecule has 2 amide bonds. The minimum Gasteiger partial charge on any atom is -0.374 e. The molecule has 38 heavy (non-hydrogen) atoms. The number of nitrogens with zero attached hydrogens (tertiary/aromatic N) is 5. The largest absolute Gasteiger partial charge is 0.418 e. The number of anilines is 3. The SMILES string of the molecule is CN(C)CCCN(C)c1ccc(NC(=O)Nc2ccc(-c3cncc4c3cnn4C)cc2)cc1C(F)(F)F. The minimum atomic E-state index is -4.57. The van der Waals surface area contributed by atoms with Crippen molar-refractivity contribution in [2.24, 2.45) is 7.05 Å². The third kappa shape index (κ3) is 6.23. The smallest absolute Gasteiger partial charge is 0.374 e. The molecule has 0 atom stereocenters. The molecule has 2 aromatic carbocycles. The van der Waals surface area contributed by atoms with Crippen LogP contribution in [-0.4, -0.2) is 59.9 Å². The zero-order chi connectivity index (χ0) is 27.4. The highest BCUT2D eigenvalue weighted by Gasteiger charge is 2.35. The topological polar surface area (TPSA) is 78.3 Å². The van der Waals surface area contributed by atoms with Crippen LogP contribution in [0.3, 0.4) is 0 Å². The second-order valence-corrected chi connectivity index (χ2v) is 9.35. The van der Waals surface area contributed by atoms with Gasteiger partial charge < -0.3 is 20.4 Å². The molecule has 2 N–H and O–H groups in total. The van der Waals surface area contributed by atoms with Crippen molar-refractivity contribution in [3.05, 3.63) is 66.6 Å². The molecular formula is C27H30F3N7O. The van der Waals surface area contributed by atoms with Crippen LogP contribution in [0.1, 0.15) is 12.0 Å². The number of carbonyl (C=O) groups is 1. The van der Waals surface area contributed by atoms with Gasteiger partial charge in [-0.05, 0) is 63.0 Å². The van der Waals surface area contributed by atoms with E-state index in [1.807, 2.05) is 38.2 Å². The standard InChI is InChI=1S/C27H30F3N7O/c1-35(2)12-5-13-36(3)24-11-10-20(14-23(24)27(28,29)30)34-26(38)33-19-8-6-18(7-9-19)21-15-31-17-25-22(21)16-32-37(25)4/h6-11,14-17H,5,12-13H2,1-4H3,(H2,33,34,38). The second-order valence-electron chi connectivity index (χ2n) is 9.35. The summed E-state index contributed by atoms with van der Waals surface area (Å²) in [6.07, 6.45) is 1.41. The van der Waals surface area contributed by atoms with Crippen LogP contribution in [0.4, 0.5) is 35.0 Å². The van der Waals surface area contributed by atoms with Gasteiger partial charge in [-0.25, -0.2) is 4.79 Å². The van der Waals surface area contributed by atoms with Crippen LogP contribution >= 0.6 is 0 Å². The lowest BCUT2D eigenvalue weighted by Crippen LogP contribution is -2.26. The molecule has 8 nitrogen and oxygen atoms in total. The Hall–Kier alpha value is -4.12. The summed E-state index contributed by atoms with van der Waals surface area (Å²) in [5, 5.41) is 10.4. The van der Waals surface area contributed by atoms with Crippen LogP contribution in [0.15, 0.2) is 61.1 Å². The Morgan fingerprint density at radius 1 is 0.947 bits per heavy atom. The van der Waals surface area contributed by atoms with E-state index in [1.165, 1.54) is 12.1 Å². The van der Waals surface area contributed by atoms with Gasteiger partial charge >= 0.3 is 12.2 Å². The molecule has 0 unspecified atom stereocenters. The quantitative estimate of drug-likeness (QED) is 0.309. The molecule has 2 heterocycles. The molecule has 2 aromatic heterocycles. The van der Waals surface area contributed by atoms with Gasteiger partial charge in [-0.2, -0.15) is 18.3 Å². The van der Waals surface area contributed by atoms with E-state index in [0.29, 0.717) is 12.2 Å². The average molecular weight is 526 g/mol. The minimum absolute atomic E-state index is 0.0474. The summed E-state index contributed by atoms with van der Waals surface area (Å²) in [6.45, 7) is 1.23. The average Bonchev–Trinajstić information content (AvgIpc) is 3.24. The number of aromatic nitrogens is 3. The molecule has 0 aliphatic carbocycles. The van der Waals surface area contributed by atoms with E-state index < -0.39 is 17.8 Å². The normalized spacial score (nSPS) is 11.7. The molecular weight excluding hydrogens is 495 g/mol. The Balaban J connectivity index is 1.45. The number of urea groups is 1. The first-order valence-corrected chi connectivity index (χ1v) is 12.0. The van der Waals surface area contributed by atoms with Gasteiger partial charge in [0.05, 0.1) is 23.5 Å². The summed E-state index contributed by atoms with van der Waals surface area (Å²) in [5.41, 5.74) is 2.49. The monoisotopic (exact) mass is 525 g/mol. The summed E-state index contributed by atoms with van der Waals surface area (Å²) in [7, 11) is 7.31. The number of fused-ring (bicyclic) bond motifs is 1. The maximum absolute atomic E-state index is 13.8. The third-order valence-electron chi connectivity index (χ3n) is 6.20. The number of halogens is 3. The first-order valence-electron chi connectivity index (χ1n) is 12.0. The molecule has 11 heteroatoms.